The van der Waals surface area contributed by atoms with E-state index in [0.717, 1.165) is 51.6 Å². The van der Waals surface area contributed by atoms with Gasteiger partial charge in [-0.3, -0.25) is 4.99 Å². The predicted octanol–water partition coefficient (Wildman–Crippen LogP) is 3.94. The summed E-state index contributed by atoms with van der Waals surface area (Å²) in [7, 11) is 1.88. The summed E-state index contributed by atoms with van der Waals surface area (Å²) in [5.74, 6) is 0.837. The highest BCUT2D eigenvalue weighted by atomic mass is 127. The minimum atomic E-state index is -0.178. The Hall–Kier alpha value is -0.890. The first-order valence-electron chi connectivity index (χ1n) is 9.94. The van der Waals surface area contributed by atoms with E-state index in [1.807, 2.05) is 19.2 Å². The summed E-state index contributed by atoms with van der Waals surface area (Å²) in [5.41, 5.74) is 1.74. The predicted molar refractivity (Wildman–Crippen MR) is 117 cm³/mol. The Bertz CT molecular complexity index is 654. The zero-order chi connectivity index (χ0) is 18.0. The Morgan fingerprint density at radius 2 is 1.85 bits per heavy atom. The Kier molecular flexibility index (Phi) is 6.66. The van der Waals surface area contributed by atoms with Gasteiger partial charge in [-0.05, 0) is 55.2 Å². The molecular weight excluding hydrogens is 456 g/mol. The number of hydrogen-bond acceptors (Lipinski definition) is 2. The summed E-state index contributed by atoms with van der Waals surface area (Å²) in [5, 5.41) is 3.65. The number of nitrogens with zero attached hydrogens (tertiary/aromatic N) is 2. The van der Waals surface area contributed by atoms with Crippen LogP contribution < -0.4 is 5.32 Å². The Balaban J connectivity index is 0.00000210. The van der Waals surface area contributed by atoms with E-state index in [-0.39, 0.29) is 35.2 Å². The molecule has 0 aromatic heterocycles. The summed E-state index contributed by atoms with van der Waals surface area (Å²) in [6.07, 6.45) is 7.33. The Morgan fingerprint density at radius 3 is 2.41 bits per heavy atom. The summed E-state index contributed by atoms with van der Waals surface area (Å²) in [6.45, 7) is 4.57. The first kappa shape index (κ1) is 20.8. The van der Waals surface area contributed by atoms with Gasteiger partial charge in [0.1, 0.15) is 5.82 Å². The molecule has 1 aliphatic carbocycles. The van der Waals surface area contributed by atoms with Crippen LogP contribution in [0, 0.1) is 11.2 Å². The summed E-state index contributed by atoms with van der Waals surface area (Å²) < 4.78 is 19.0. The second-order valence-electron chi connectivity index (χ2n) is 8.33. The molecule has 0 unspecified atom stereocenters. The van der Waals surface area contributed by atoms with Crippen molar-refractivity contribution < 1.29 is 9.13 Å². The molecule has 3 aliphatic rings. The SMILES string of the molecule is CN=C(NCC1(c2ccc(F)cc2)CCOCC1)N1CCC2(CCC2)C1.I. The quantitative estimate of drug-likeness (QED) is 0.399. The number of ether oxygens (including phenoxy) is 1. The first-order chi connectivity index (χ1) is 12.6. The number of hydrogen-bond donors (Lipinski definition) is 1. The van der Waals surface area contributed by atoms with Crippen molar-refractivity contribution in [2.45, 2.75) is 43.9 Å². The van der Waals surface area contributed by atoms with E-state index in [1.165, 1.54) is 31.2 Å². The van der Waals surface area contributed by atoms with Crippen molar-refractivity contribution in [3.8, 4) is 0 Å². The number of rotatable bonds is 3. The van der Waals surface area contributed by atoms with Crippen LogP contribution in [0.5, 0.6) is 0 Å². The molecule has 4 nitrogen and oxygen atoms in total. The fraction of sp³-hybridized carbons (Fsp3) is 0.667. The minimum Gasteiger partial charge on any atom is -0.381 e. The molecule has 0 bridgehead atoms. The van der Waals surface area contributed by atoms with E-state index < -0.39 is 0 Å². The highest BCUT2D eigenvalue weighted by molar-refractivity contribution is 14.0. The lowest BCUT2D eigenvalue weighted by molar-refractivity contribution is 0.0511. The molecule has 1 spiro atoms. The van der Waals surface area contributed by atoms with Crippen LogP contribution in [-0.2, 0) is 10.2 Å². The highest BCUT2D eigenvalue weighted by Gasteiger charge is 2.44. The highest BCUT2D eigenvalue weighted by Crippen LogP contribution is 2.48. The van der Waals surface area contributed by atoms with Crippen LogP contribution in [0.1, 0.15) is 44.1 Å². The van der Waals surface area contributed by atoms with E-state index in [2.05, 4.69) is 15.2 Å². The lowest BCUT2D eigenvalue weighted by atomic mass is 9.68. The number of likely N-dealkylation sites (tertiary alicyclic amines) is 1. The van der Waals surface area contributed by atoms with Crippen molar-refractivity contribution in [3.63, 3.8) is 0 Å². The van der Waals surface area contributed by atoms with Gasteiger partial charge in [-0.2, -0.15) is 0 Å². The van der Waals surface area contributed by atoms with E-state index in [9.17, 15) is 4.39 Å². The van der Waals surface area contributed by atoms with E-state index in [0.29, 0.717) is 5.41 Å². The summed E-state index contributed by atoms with van der Waals surface area (Å²) in [6, 6.07) is 7.01. The van der Waals surface area contributed by atoms with Gasteiger partial charge in [0.05, 0.1) is 0 Å². The van der Waals surface area contributed by atoms with Crippen molar-refractivity contribution in [2.24, 2.45) is 10.4 Å². The van der Waals surface area contributed by atoms with Gasteiger partial charge in [-0.15, -0.1) is 24.0 Å². The second kappa shape index (κ2) is 8.64. The van der Waals surface area contributed by atoms with Gasteiger partial charge in [-0.1, -0.05) is 18.6 Å². The average Bonchev–Trinajstić information content (AvgIpc) is 3.10. The fourth-order valence-corrected chi connectivity index (χ4v) is 4.91. The van der Waals surface area contributed by atoms with Crippen molar-refractivity contribution >= 4 is 29.9 Å². The maximum absolute atomic E-state index is 13.4. The molecule has 0 amide bonds. The van der Waals surface area contributed by atoms with Gasteiger partial charge in [-0.25, -0.2) is 4.39 Å². The first-order valence-corrected chi connectivity index (χ1v) is 9.94. The van der Waals surface area contributed by atoms with Crippen molar-refractivity contribution in [1.82, 2.24) is 10.2 Å². The molecule has 2 heterocycles. The molecule has 2 aliphatic heterocycles. The maximum Gasteiger partial charge on any atom is 0.193 e. The summed E-state index contributed by atoms with van der Waals surface area (Å²) in [4.78, 5) is 6.98. The second-order valence-corrected chi connectivity index (χ2v) is 8.33. The van der Waals surface area contributed by atoms with Crippen LogP contribution in [0.2, 0.25) is 0 Å². The number of guanidine groups is 1. The third-order valence-corrected chi connectivity index (χ3v) is 6.86. The molecule has 27 heavy (non-hydrogen) atoms. The number of halogens is 2. The van der Waals surface area contributed by atoms with E-state index >= 15 is 0 Å². The zero-order valence-electron chi connectivity index (χ0n) is 16.2. The standard InChI is InChI=1S/C21H30FN3O.HI/c1-23-19(25-12-9-20(16-25)7-2-8-20)24-15-21(10-13-26-14-11-21)17-3-5-18(22)6-4-17;/h3-6H,2,7-16H2,1H3,(H,23,24);1H. The van der Waals surface area contributed by atoms with Crippen LogP contribution in [0.15, 0.2) is 29.3 Å². The lowest BCUT2D eigenvalue weighted by Gasteiger charge is -2.40. The average molecular weight is 487 g/mol. The van der Waals surface area contributed by atoms with E-state index in [4.69, 9.17) is 4.74 Å². The van der Waals surface area contributed by atoms with Gasteiger partial charge in [0, 0.05) is 45.3 Å². The zero-order valence-corrected chi connectivity index (χ0v) is 18.5. The van der Waals surface area contributed by atoms with Gasteiger partial charge in [0.15, 0.2) is 5.96 Å². The van der Waals surface area contributed by atoms with Crippen molar-refractivity contribution in [1.29, 1.82) is 0 Å². The van der Waals surface area contributed by atoms with Crippen LogP contribution in [-0.4, -0.2) is 50.8 Å². The topological polar surface area (TPSA) is 36.9 Å². The minimum absolute atomic E-state index is 0. The lowest BCUT2D eigenvalue weighted by Crippen LogP contribution is -2.49. The van der Waals surface area contributed by atoms with Crippen molar-refractivity contribution in [2.75, 3.05) is 39.9 Å². The Morgan fingerprint density at radius 1 is 1.15 bits per heavy atom. The van der Waals surface area contributed by atoms with Crippen molar-refractivity contribution in [3.05, 3.63) is 35.6 Å². The number of benzene rings is 1. The van der Waals surface area contributed by atoms with Gasteiger partial charge >= 0.3 is 0 Å². The largest absolute Gasteiger partial charge is 0.381 e. The summed E-state index contributed by atoms with van der Waals surface area (Å²) >= 11 is 0. The third-order valence-electron chi connectivity index (χ3n) is 6.86. The van der Waals surface area contributed by atoms with Crippen LogP contribution in [0.4, 0.5) is 4.39 Å². The molecule has 3 fully saturated rings. The van der Waals surface area contributed by atoms with E-state index in [1.54, 1.807) is 12.1 Å². The molecule has 6 heteroatoms. The molecule has 0 radical (unpaired) electrons. The fourth-order valence-electron chi connectivity index (χ4n) is 4.91. The molecular formula is C21H31FIN3O. The van der Waals surface area contributed by atoms with Crippen LogP contribution >= 0.6 is 24.0 Å². The molecule has 1 saturated carbocycles. The Labute approximate surface area is 179 Å². The monoisotopic (exact) mass is 487 g/mol. The van der Waals surface area contributed by atoms with Crippen LogP contribution in [0.3, 0.4) is 0 Å². The third kappa shape index (κ3) is 4.26. The normalized spacial score (nSPS) is 23.6. The van der Waals surface area contributed by atoms with Gasteiger partial charge in [0.2, 0.25) is 0 Å². The molecule has 1 N–H and O–H groups in total. The number of nitrogens with one attached hydrogen (secondary N) is 1. The number of aliphatic imine (C=N–C) groups is 1. The molecule has 1 aromatic rings. The van der Waals surface area contributed by atoms with Gasteiger partial charge in [0.25, 0.3) is 0 Å². The van der Waals surface area contributed by atoms with Crippen LogP contribution in [0.25, 0.3) is 0 Å². The molecule has 150 valence electrons. The molecule has 1 aromatic carbocycles. The molecule has 2 saturated heterocycles. The van der Waals surface area contributed by atoms with Gasteiger partial charge < -0.3 is 15.0 Å². The smallest absolute Gasteiger partial charge is 0.193 e. The molecule has 4 rings (SSSR count). The maximum atomic E-state index is 13.4. The molecule has 0 atom stereocenters.